The first-order chi connectivity index (χ1) is 6.90. The van der Waals surface area contributed by atoms with E-state index in [4.69, 9.17) is 0 Å². The van der Waals surface area contributed by atoms with E-state index < -0.39 is 0 Å². The van der Waals surface area contributed by atoms with Gasteiger partial charge in [0, 0.05) is 25.0 Å². The van der Waals surface area contributed by atoms with E-state index in [-0.39, 0.29) is 0 Å². The Morgan fingerprint density at radius 1 is 1.21 bits per heavy atom. The predicted molar refractivity (Wildman–Crippen MR) is 54.9 cm³/mol. The van der Waals surface area contributed by atoms with Crippen molar-refractivity contribution in [1.29, 1.82) is 0 Å². The minimum Gasteiger partial charge on any atom is -0.329 e. The van der Waals surface area contributed by atoms with Crippen molar-refractivity contribution in [3.8, 4) is 0 Å². The molecule has 0 amide bonds. The first-order valence-electron chi connectivity index (χ1n) is 4.80. The third-order valence-corrected chi connectivity index (χ3v) is 2.18. The molecule has 72 valence electrons. The summed E-state index contributed by atoms with van der Waals surface area (Å²) in [6.45, 7) is 2.92. The number of imidazole rings is 1. The Hall–Kier alpha value is -1.64. The molecule has 0 atom stereocenters. The zero-order valence-corrected chi connectivity index (χ0v) is 8.22. The van der Waals surface area contributed by atoms with Crippen molar-refractivity contribution < 1.29 is 0 Å². The van der Waals surface area contributed by atoms with Gasteiger partial charge in [-0.05, 0) is 12.1 Å². The predicted octanol–water partition coefficient (Wildman–Crippen LogP) is 1.89. The van der Waals surface area contributed by atoms with Crippen molar-refractivity contribution in [1.82, 2.24) is 14.5 Å². The largest absolute Gasteiger partial charge is 0.329 e. The van der Waals surface area contributed by atoms with Crippen molar-refractivity contribution in [2.24, 2.45) is 0 Å². The summed E-state index contributed by atoms with van der Waals surface area (Å²) >= 11 is 0. The van der Waals surface area contributed by atoms with Gasteiger partial charge in [-0.15, -0.1) is 0 Å². The lowest BCUT2D eigenvalue weighted by molar-refractivity contribution is 0.716. The maximum Gasteiger partial charge on any atom is 0.108 e. The first kappa shape index (κ1) is 8.94. The molecular formula is C11H13N3. The van der Waals surface area contributed by atoms with E-state index in [0.29, 0.717) is 0 Å². The lowest BCUT2D eigenvalue weighted by Crippen LogP contribution is -2.04. The summed E-state index contributed by atoms with van der Waals surface area (Å²) in [6, 6.07) is 5.96. The quantitative estimate of drug-likeness (QED) is 0.734. The van der Waals surface area contributed by atoms with Crippen molar-refractivity contribution in [3.63, 3.8) is 0 Å². The molecule has 3 nitrogen and oxygen atoms in total. The highest BCUT2D eigenvalue weighted by Crippen LogP contribution is 2.03. The van der Waals surface area contributed by atoms with Gasteiger partial charge in [0.1, 0.15) is 5.82 Å². The Kier molecular flexibility index (Phi) is 2.58. The van der Waals surface area contributed by atoms with E-state index in [9.17, 15) is 0 Å². The Balaban J connectivity index is 2.19. The van der Waals surface area contributed by atoms with Crippen LogP contribution in [0, 0.1) is 0 Å². The van der Waals surface area contributed by atoms with E-state index in [0.717, 1.165) is 24.5 Å². The lowest BCUT2D eigenvalue weighted by atomic mass is 10.3. The molecule has 2 heterocycles. The summed E-state index contributed by atoms with van der Waals surface area (Å²) in [5, 5.41) is 0. The molecule has 3 heteroatoms. The maximum absolute atomic E-state index is 4.28. The smallest absolute Gasteiger partial charge is 0.108 e. The van der Waals surface area contributed by atoms with Crippen molar-refractivity contribution in [2.75, 3.05) is 0 Å². The third kappa shape index (κ3) is 1.82. The molecule has 0 N–H and O–H groups in total. The van der Waals surface area contributed by atoms with Gasteiger partial charge in [-0.3, -0.25) is 4.98 Å². The molecule has 14 heavy (non-hydrogen) atoms. The molecule has 0 aliphatic carbocycles. The highest BCUT2D eigenvalue weighted by Gasteiger charge is 2.00. The third-order valence-electron chi connectivity index (χ3n) is 2.18. The summed E-state index contributed by atoms with van der Waals surface area (Å²) in [5.74, 6) is 1.11. The summed E-state index contributed by atoms with van der Waals surface area (Å²) in [4.78, 5) is 8.55. The molecule has 0 aliphatic heterocycles. The topological polar surface area (TPSA) is 30.7 Å². The van der Waals surface area contributed by atoms with Crippen LogP contribution >= 0.6 is 0 Å². The van der Waals surface area contributed by atoms with Gasteiger partial charge in [0.05, 0.1) is 12.2 Å². The Bertz CT molecular complexity index is 392. The second-order valence-electron chi connectivity index (χ2n) is 3.15. The summed E-state index contributed by atoms with van der Waals surface area (Å²) < 4.78 is 2.13. The molecule has 0 saturated carbocycles. The fourth-order valence-corrected chi connectivity index (χ4v) is 1.46. The number of hydrogen-bond donors (Lipinski definition) is 0. The maximum atomic E-state index is 4.28. The molecule has 0 fully saturated rings. The van der Waals surface area contributed by atoms with E-state index in [1.165, 1.54) is 0 Å². The van der Waals surface area contributed by atoms with Crippen LogP contribution in [0.1, 0.15) is 18.4 Å². The van der Waals surface area contributed by atoms with Crippen LogP contribution in [0.4, 0.5) is 0 Å². The monoisotopic (exact) mass is 187 g/mol. The van der Waals surface area contributed by atoms with Crippen molar-refractivity contribution in [2.45, 2.75) is 19.9 Å². The molecule has 0 spiro atoms. The number of pyridine rings is 1. The van der Waals surface area contributed by atoms with Crippen molar-refractivity contribution >= 4 is 0 Å². The Labute approximate surface area is 83.4 Å². The second kappa shape index (κ2) is 4.05. The second-order valence-corrected chi connectivity index (χ2v) is 3.15. The average molecular weight is 187 g/mol. The van der Waals surface area contributed by atoms with Crippen molar-refractivity contribution in [3.05, 3.63) is 48.3 Å². The molecule has 0 aliphatic rings. The van der Waals surface area contributed by atoms with Crippen LogP contribution in [-0.4, -0.2) is 14.5 Å². The lowest BCUT2D eigenvalue weighted by Gasteiger charge is -2.04. The normalized spacial score (nSPS) is 10.4. The average Bonchev–Trinajstić information content (AvgIpc) is 2.67. The van der Waals surface area contributed by atoms with Crippen LogP contribution in [0.15, 0.2) is 36.8 Å². The van der Waals surface area contributed by atoms with Crippen LogP contribution in [0.3, 0.4) is 0 Å². The number of nitrogens with zero attached hydrogens (tertiary/aromatic N) is 3. The number of hydrogen-bond acceptors (Lipinski definition) is 2. The van der Waals surface area contributed by atoms with Gasteiger partial charge in [-0.25, -0.2) is 4.98 Å². The fraction of sp³-hybridized carbons (Fsp3) is 0.273. The van der Waals surface area contributed by atoms with Crippen LogP contribution in [0.25, 0.3) is 0 Å². The molecule has 0 bridgehead atoms. The molecular weight excluding hydrogens is 174 g/mol. The number of aromatic nitrogens is 3. The summed E-state index contributed by atoms with van der Waals surface area (Å²) in [5.41, 5.74) is 1.07. The van der Waals surface area contributed by atoms with Gasteiger partial charge in [0.25, 0.3) is 0 Å². The highest BCUT2D eigenvalue weighted by atomic mass is 15.1. The van der Waals surface area contributed by atoms with Crippen LogP contribution < -0.4 is 0 Å². The van der Waals surface area contributed by atoms with E-state index in [2.05, 4.69) is 21.5 Å². The number of rotatable bonds is 3. The molecule has 0 radical (unpaired) electrons. The minimum absolute atomic E-state index is 0.810. The Morgan fingerprint density at radius 2 is 2.14 bits per heavy atom. The van der Waals surface area contributed by atoms with E-state index >= 15 is 0 Å². The number of aryl methyl sites for hydroxylation is 1. The molecule has 2 rings (SSSR count). The van der Waals surface area contributed by atoms with Crippen LogP contribution in [0.5, 0.6) is 0 Å². The molecule has 0 saturated heterocycles. The van der Waals surface area contributed by atoms with E-state index in [1.807, 2.05) is 36.8 Å². The molecule has 0 aromatic carbocycles. The highest BCUT2D eigenvalue weighted by molar-refractivity contribution is 5.06. The zero-order chi connectivity index (χ0) is 9.80. The van der Waals surface area contributed by atoms with Crippen LogP contribution in [-0.2, 0) is 13.0 Å². The summed E-state index contributed by atoms with van der Waals surface area (Å²) in [7, 11) is 0. The van der Waals surface area contributed by atoms with Gasteiger partial charge in [0.15, 0.2) is 0 Å². The van der Waals surface area contributed by atoms with Gasteiger partial charge >= 0.3 is 0 Å². The SMILES string of the molecule is CCc1nccn1Cc1ccccn1. The molecule has 0 unspecified atom stereocenters. The fourth-order valence-electron chi connectivity index (χ4n) is 1.46. The standard InChI is InChI=1S/C11H13N3/c1-2-11-13-7-8-14(11)9-10-5-3-4-6-12-10/h3-8H,2,9H2,1H3. The Morgan fingerprint density at radius 3 is 2.86 bits per heavy atom. The van der Waals surface area contributed by atoms with Gasteiger partial charge in [-0.2, -0.15) is 0 Å². The van der Waals surface area contributed by atoms with Gasteiger partial charge in [0.2, 0.25) is 0 Å². The summed E-state index contributed by atoms with van der Waals surface area (Å²) in [6.07, 6.45) is 6.60. The first-order valence-corrected chi connectivity index (χ1v) is 4.80. The minimum atomic E-state index is 0.810. The zero-order valence-electron chi connectivity index (χ0n) is 8.22. The van der Waals surface area contributed by atoms with E-state index in [1.54, 1.807) is 0 Å². The van der Waals surface area contributed by atoms with Gasteiger partial charge < -0.3 is 4.57 Å². The molecule has 2 aromatic rings. The van der Waals surface area contributed by atoms with Crippen LogP contribution in [0.2, 0.25) is 0 Å². The van der Waals surface area contributed by atoms with Gasteiger partial charge in [-0.1, -0.05) is 13.0 Å². The molecule has 2 aromatic heterocycles.